The minimum atomic E-state index is 0.312. The van der Waals surface area contributed by atoms with Gasteiger partial charge in [-0.2, -0.15) is 0 Å². The molecule has 1 aromatic rings. The van der Waals surface area contributed by atoms with Crippen LogP contribution in [0.5, 0.6) is 5.75 Å². The van der Waals surface area contributed by atoms with Crippen LogP contribution in [0.4, 0.5) is 0 Å². The lowest BCUT2D eigenvalue weighted by atomic mass is 9.86. The third-order valence-corrected chi connectivity index (χ3v) is 4.75. The molecule has 1 aromatic carbocycles. The molecule has 0 aliphatic carbocycles. The summed E-state index contributed by atoms with van der Waals surface area (Å²) >= 11 is 3.38. The van der Waals surface area contributed by atoms with E-state index in [4.69, 9.17) is 0 Å². The van der Waals surface area contributed by atoms with Gasteiger partial charge in [0.1, 0.15) is 5.75 Å². The molecular weight excluding hydrogens is 290 g/mol. The first-order valence-corrected chi connectivity index (χ1v) is 7.48. The van der Waals surface area contributed by atoms with Crippen molar-refractivity contribution in [3.63, 3.8) is 0 Å². The largest absolute Gasteiger partial charge is 0.507 e. The standard InChI is InChI=1S/C15H22BrNO/c1-10-6-11(2)12(3)17(8-10)9-13-4-5-15(18)14(16)7-13/h4-5,7,10-12,18H,6,8-9H2,1-3H3. The first-order valence-electron chi connectivity index (χ1n) is 6.68. The minimum Gasteiger partial charge on any atom is -0.507 e. The molecule has 0 radical (unpaired) electrons. The molecule has 2 nitrogen and oxygen atoms in total. The van der Waals surface area contributed by atoms with Crippen molar-refractivity contribution >= 4 is 15.9 Å². The van der Waals surface area contributed by atoms with Crippen molar-refractivity contribution in [3.8, 4) is 5.75 Å². The topological polar surface area (TPSA) is 23.5 Å². The number of hydrogen-bond donors (Lipinski definition) is 1. The molecule has 1 aliphatic heterocycles. The molecule has 3 atom stereocenters. The normalized spacial score (nSPS) is 29.4. The highest BCUT2D eigenvalue weighted by atomic mass is 79.9. The van der Waals surface area contributed by atoms with Crippen LogP contribution in [-0.2, 0) is 6.54 Å². The van der Waals surface area contributed by atoms with Gasteiger partial charge in [-0.15, -0.1) is 0 Å². The SMILES string of the molecule is CC1CC(C)C(C)N(Cc2ccc(O)c(Br)c2)C1. The number of piperidine rings is 1. The van der Waals surface area contributed by atoms with Gasteiger partial charge in [0.15, 0.2) is 0 Å². The van der Waals surface area contributed by atoms with E-state index in [-0.39, 0.29) is 0 Å². The summed E-state index contributed by atoms with van der Waals surface area (Å²) < 4.78 is 0.783. The molecule has 1 heterocycles. The quantitative estimate of drug-likeness (QED) is 0.891. The Bertz CT molecular complexity index is 421. The minimum absolute atomic E-state index is 0.312. The monoisotopic (exact) mass is 311 g/mol. The van der Waals surface area contributed by atoms with Crippen molar-refractivity contribution in [2.24, 2.45) is 11.8 Å². The van der Waals surface area contributed by atoms with Crippen LogP contribution in [-0.4, -0.2) is 22.6 Å². The van der Waals surface area contributed by atoms with Crippen molar-refractivity contribution in [1.82, 2.24) is 4.90 Å². The molecule has 18 heavy (non-hydrogen) atoms. The maximum Gasteiger partial charge on any atom is 0.129 e. The van der Waals surface area contributed by atoms with Crippen molar-refractivity contribution in [2.45, 2.75) is 39.8 Å². The van der Waals surface area contributed by atoms with Gasteiger partial charge < -0.3 is 5.11 Å². The molecule has 0 amide bonds. The predicted molar refractivity (Wildman–Crippen MR) is 78.6 cm³/mol. The molecule has 0 spiro atoms. The van der Waals surface area contributed by atoms with E-state index in [1.54, 1.807) is 6.07 Å². The summed E-state index contributed by atoms with van der Waals surface area (Å²) in [6.45, 7) is 9.15. The number of nitrogens with zero attached hydrogens (tertiary/aromatic N) is 1. The van der Waals surface area contributed by atoms with Gasteiger partial charge in [0.25, 0.3) is 0 Å². The first kappa shape index (κ1) is 13.9. The number of phenols is 1. The van der Waals surface area contributed by atoms with Crippen molar-refractivity contribution in [3.05, 3.63) is 28.2 Å². The summed E-state index contributed by atoms with van der Waals surface area (Å²) in [6, 6.07) is 6.43. The third-order valence-electron chi connectivity index (χ3n) is 4.12. The molecule has 1 saturated heterocycles. The van der Waals surface area contributed by atoms with E-state index < -0.39 is 0 Å². The molecule has 3 unspecified atom stereocenters. The van der Waals surface area contributed by atoms with E-state index in [0.29, 0.717) is 11.8 Å². The van der Waals surface area contributed by atoms with E-state index >= 15 is 0 Å². The fraction of sp³-hybridized carbons (Fsp3) is 0.600. The molecule has 1 aliphatic rings. The average Bonchev–Trinajstić information content (AvgIpc) is 2.30. The number of phenolic OH excluding ortho intramolecular Hbond substituents is 1. The average molecular weight is 312 g/mol. The second-order valence-electron chi connectivity index (χ2n) is 5.77. The van der Waals surface area contributed by atoms with Crippen LogP contribution in [0, 0.1) is 11.8 Å². The van der Waals surface area contributed by atoms with Crippen LogP contribution in [0.3, 0.4) is 0 Å². The summed E-state index contributed by atoms with van der Waals surface area (Å²) in [4.78, 5) is 2.55. The highest BCUT2D eigenvalue weighted by molar-refractivity contribution is 9.10. The number of hydrogen-bond acceptors (Lipinski definition) is 2. The lowest BCUT2D eigenvalue weighted by Gasteiger charge is -2.41. The van der Waals surface area contributed by atoms with E-state index in [2.05, 4.69) is 41.6 Å². The summed E-state index contributed by atoms with van der Waals surface area (Å²) in [7, 11) is 0. The van der Waals surface area contributed by atoms with Crippen molar-refractivity contribution < 1.29 is 5.11 Å². The molecule has 0 aromatic heterocycles. The van der Waals surface area contributed by atoms with Gasteiger partial charge in [0, 0.05) is 19.1 Å². The van der Waals surface area contributed by atoms with E-state index in [1.165, 1.54) is 18.5 Å². The van der Waals surface area contributed by atoms with Gasteiger partial charge in [-0.1, -0.05) is 19.9 Å². The van der Waals surface area contributed by atoms with E-state index in [9.17, 15) is 5.11 Å². The van der Waals surface area contributed by atoms with Crippen LogP contribution in [0.2, 0.25) is 0 Å². The molecule has 100 valence electrons. The van der Waals surface area contributed by atoms with Crippen molar-refractivity contribution in [2.75, 3.05) is 6.54 Å². The molecule has 1 fully saturated rings. The van der Waals surface area contributed by atoms with E-state index in [1.807, 2.05) is 12.1 Å². The van der Waals surface area contributed by atoms with Gasteiger partial charge >= 0.3 is 0 Å². The number of likely N-dealkylation sites (tertiary alicyclic amines) is 1. The Balaban J connectivity index is 2.09. The van der Waals surface area contributed by atoms with Crippen LogP contribution in [0.15, 0.2) is 22.7 Å². The molecule has 3 heteroatoms. The number of rotatable bonds is 2. The number of benzene rings is 1. The Labute approximate surface area is 118 Å². The summed E-state index contributed by atoms with van der Waals surface area (Å²) in [5, 5.41) is 9.53. The van der Waals surface area contributed by atoms with E-state index in [0.717, 1.165) is 22.9 Å². The van der Waals surface area contributed by atoms with Gasteiger partial charge in [-0.05, 0) is 58.8 Å². The molecule has 2 rings (SSSR count). The highest BCUT2D eigenvalue weighted by Crippen LogP contribution is 2.30. The zero-order valence-corrected chi connectivity index (χ0v) is 12.9. The lowest BCUT2D eigenvalue weighted by molar-refractivity contribution is 0.0729. The maximum atomic E-state index is 9.53. The van der Waals surface area contributed by atoms with Gasteiger partial charge in [0.2, 0.25) is 0 Å². The zero-order valence-electron chi connectivity index (χ0n) is 11.4. The van der Waals surface area contributed by atoms with Crippen molar-refractivity contribution in [1.29, 1.82) is 0 Å². The molecule has 0 bridgehead atoms. The second kappa shape index (κ2) is 5.62. The second-order valence-corrected chi connectivity index (χ2v) is 6.63. The molecule has 1 N–H and O–H groups in total. The van der Waals surface area contributed by atoms with Gasteiger partial charge in [-0.3, -0.25) is 4.90 Å². The Morgan fingerprint density at radius 3 is 2.72 bits per heavy atom. The Kier molecular flexibility index (Phi) is 4.33. The van der Waals surface area contributed by atoms with Gasteiger partial charge in [0.05, 0.1) is 4.47 Å². The molecular formula is C15H22BrNO. The predicted octanol–water partition coefficient (Wildman–Crippen LogP) is 4.02. The third kappa shape index (κ3) is 3.07. The Morgan fingerprint density at radius 1 is 1.33 bits per heavy atom. The Hall–Kier alpha value is -0.540. The number of aromatic hydroxyl groups is 1. The lowest BCUT2D eigenvalue weighted by Crippen LogP contribution is -2.45. The van der Waals surface area contributed by atoms with Crippen LogP contribution < -0.4 is 0 Å². The maximum absolute atomic E-state index is 9.53. The first-order chi connectivity index (χ1) is 8.47. The fourth-order valence-electron chi connectivity index (χ4n) is 2.92. The summed E-state index contributed by atoms with van der Waals surface area (Å²) in [6.07, 6.45) is 1.33. The van der Waals surface area contributed by atoms with Crippen LogP contribution in [0.25, 0.3) is 0 Å². The fourth-order valence-corrected chi connectivity index (χ4v) is 3.35. The molecule has 0 saturated carbocycles. The Morgan fingerprint density at radius 2 is 2.06 bits per heavy atom. The van der Waals surface area contributed by atoms with Crippen LogP contribution >= 0.6 is 15.9 Å². The van der Waals surface area contributed by atoms with Crippen LogP contribution in [0.1, 0.15) is 32.8 Å². The summed E-state index contributed by atoms with van der Waals surface area (Å²) in [5.41, 5.74) is 1.26. The zero-order chi connectivity index (χ0) is 13.3. The van der Waals surface area contributed by atoms with Gasteiger partial charge in [-0.25, -0.2) is 0 Å². The highest BCUT2D eigenvalue weighted by Gasteiger charge is 2.28. The smallest absolute Gasteiger partial charge is 0.129 e. The number of halogens is 1. The summed E-state index contributed by atoms with van der Waals surface area (Å²) in [5.74, 6) is 1.85.